The Bertz CT molecular complexity index is 286. The van der Waals surface area contributed by atoms with Crippen LogP contribution >= 0.6 is 0 Å². The van der Waals surface area contributed by atoms with E-state index in [0.29, 0.717) is 12.0 Å². The fourth-order valence-electron chi connectivity index (χ4n) is 3.81. The second kappa shape index (κ2) is 7.28. The van der Waals surface area contributed by atoms with Gasteiger partial charge in [0.2, 0.25) is 5.91 Å². The van der Waals surface area contributed by atoms with Crippen molar-refractivity contribution in [1.29, 1.82) is 0 Å². The van der Waals surface area contributed by atoms with Crippen LogP contribution in [0, 0.1) is 17.8 Å². The molecule has 1 aliphatic carbocycles. The van der Waals surface area contributed by atoms with E-state index in [1.165, 1.54) is 32.1 Å². The van der Waals surface area contributed by atoms with Crippen molar-refractivity contribution in [3.63, 3.8) is 0 Å². The molecule has 1 saturated heterocycles. The molecular formula is C16H30N2O. The van der Waals surface area contributed by atoms with E-state index >= 15 is 0 Å². The predicted octanol–water partition coefficient (Wildman–Crippen LogP) is 2.71. The van der Waals surface area contributed by atoms with Crippen molar-refractivity contribution < 1.29 is 4.79 Å². The van der Waals surface area contributed by atoms with Gasteiger partial charge in [0.05, 0.1) is 0 Å². The van der Waals surface area contributed by atoms with Gasteiger partial charge in [-0.25, -0.2) is 0 Å². The highest BCUT2D eigenvalue weighted by molar-refractivity contribution is 5.76. The van der Waals surface area contributed by atoms with Gasteiger partial charge in [-0.15, -0.1) is 0 Å². The number of rotatable bonds is 5. The molecule has 0 aromatic carbocycles. The van der Waals surface area contributed by atoms with Crippen LogP contribution in [0.5, 0.6) is 0 Å². The van der Waals surface area contributed by atoms with Crippen molar-refractivity contribution in [2.75, 3.05) is 13.1 Å². The van der Waals surface area contributed by atoms with Gasteiger partial charge in [0.1, 0.15) is 0 Å². The van der Waals surface area contributed by atoms with Crippen molar-refractivity contribution in [3.8, 4) is 0 Å². The van der Waals surface area contributed by atoms with E-state index in [9.17, 15) is 4.79 Å². The monoisotopic (exact) mass is 266 g/mol. The number of hydrogen-bond acceptors (Lipinski definition) is 2. The zero-order valence-corrected chi connectivity index (χ0v) is 12.6. The molecule has 2 N–H and O–H groups in total. The molecule has 2 rings (SSSR count). The first-order valence-corrected chi connectivity index (χ1v) is 8.20. The summed E-state index contributed by atoms with van der Waals surface area (Å²) >= 11 is 0. The molecule has 1 aliphatic heterocycles. The predicted molar refractivity (Wildman–Crippen MR) is 78.9 cm³/mol. The Morgan fingerprint density at radius 1 is 1.21 bits per heavy atom. The average molecular weight is 266 g/mol. The van der Waals surface area contributed by atoms with Crippen molar-refractivity contribution in [2.45, 2.75) is 64.8 Å². The van der Waals surface area contributed by atoms with Gasteiger partial charge in [-0.1, -0.05) is 20.3 Å². The molecule has 19 heavy (non-hydrogen) atoms. The summed E-state index contributed by atoms with van der Waals surface area (Å²) in [6.45, 7) is 6.83. The molecule has 0 aromatic heterocycles. The largest absolute Gasteiger partial charge is 0.353 e. The minimum absolute atomic E-state index is 0.284. The molecule has 3 heteroatoms. The van der Waals surface area contributed by atoms with Crippen LogP contribution in [0.4, 0.5) is 0 Å². The summed E-state index contributed by atoms with van der Waals surface area (Å²) in [7, 11) is 0. The average Bonchev–Trinajstić information content (AvgIpc) is 2.78. The van der Waals surface area contributed by atoms with E-state index in [2.05, 4.69) is 24.5 Å². The molecule has 0 aromatic rings. The van der Waals surface area contributed by atoms with Crippen LogP contribution in [0.2, 0.25) is 0 Å². The number of amides is 1. The van der Waals surface area contributed by atoms with Gasteiger partial charge in [0, 0.05) is 12.5 Å². The molecule has 3 nitrogen and oxygen atoms in total. The van der Waals surface area contributed by atoms with Crippen molar-refractivity contribution in [2.24, 2.45) is 17.8 Å². The minimum atomic E-state index is 0.284. The minimum Gasteiger partial charge on any atom is -0.353 e. The lowest BCUT2D eigenvalue weighted by Crippen LogP contribution is -2.38. The normalized spacial score (nSPS) is 32.4. The van der Waals surface area contributed by atoms with Crippen LogP contribution in [0.15, 0.2) is 0 Å². The molecule has 1 amide bonds. The summed E-state index contributed by atoms with van der Waals surface area (Å²) in [6.07, 6.45) is 8.00. The van der Waals surface area contributed by atoms with E-state index < -0.39 is 0 Å². The SMILES string of the molecule is CCC1CCC(NC(=O)CCC2CCNCC2)C1C. The third-order valence-electron chi connectivity index (χ3n) is 5.34. The van der Waals surface area contributed by atoms with Gasteiger partial charge in [-0.3, -0.25) is 4.79 Å². The highest BCUT2D eigenvalue weighted by atomic mass is 16.1. The van der Waals surface area contributed by atoms with Crippen LogP contribution in [0.1, 0.15) is 58.8 Å². The second-order valence-corrected chi connectivity index (χ2v) is 6.51. The number of carbonyl (C=O) groups is 1. The fraction of sp³-hybridized carbons (Fsp3) is 0.938. The summed E-state index contributed by atoms with van der Waals surface area (Å²) in [5.74, 6) is 2.52. The summed E-state index contributed by atoms with van der Waals surface area (Å²) in [6, 6.07) is 0.436. The molecule has 110 valence electrons. The lowest BCUT2D eigenvalue weighted by atomic mass is 9.92. The Hall–Kier alpha value is -0.570. The lowest BCUT2D eigenvalue weighted by Gasteiger charge is -2.24. The molecule has 2 fully saturated rings. The molecule has 0 radical (unpaired) electrons. The molecule has 0 bridgehead atoms. The standard InChI is InChI=1S/C16H30N2O/c1-3-14-5-6-15(12(14)2)18-16(19)7-4-13-8-10-17-11-9-13/h12-15,17H,3-11H2,1-2H3,(H,18,19). The summed E-state index contributed by atoms with van der Waals surface area (Å²) in [5.41, 5.74) is 0. The second-order valence-electron chi connectivity index (χ2n) is 6.51. The fourth-order valence-corrected chi connectivity index (χ4v) is 3.81. The molecule has 1 saturated carbocycles. The maximum atomic E-state index is 12.1. The summed E-state index contributed by atoms with van der Waals surface area (Å²) in [5, 5.41) is 6.66. The lowest BCUT2D eigenvalue weighted by molar-refractivity contribution is -0.122. The topological polar surface area (TPSA) is 41.1 Å². The molecule has 0 spiro atoms. The van der Waals surface area contributed by atoms with Crippen LogP contribution < -0.4 is 10.6 Å². The Kier molecular flexibility index (Phi) is 5.68. The van der Waals surface area contributed by atoms with Crippen molar-refractivity contribution in [3.05, 3.63) is 0 Å². The smallest absolute Gasteiger partial charge is 0.220 e. The third kappa shape index (κ3) is 4.20. The van der Waals surface area contributed by atoms with Gasteiger partial charge in [0.15, 0.2) is 0 Å². The molecule has 3 atom stereocenters. The van der Waals surface area contributed by atoms with Crippen molar-refractivity contribution >= 4 is 5.91 Å². The third-order valence-corrected chi connectivity index (χ3v) is 5.34. The molecule has 2 aliphatic rings. The van der Waals surface area contributed by atoms with Crippen molar-refractivity contribution in [1.82, 2.24) is 10.6 Å². The highest BCUT2D eigenvalue weighted by Crippen LogP contribution is 2.33. The Morgan fingerprint density at radius 2 is 1.95 bits per heavy atom. The van der Waals surface area contributed by atoms with Gasteiger partial charge >= 0.3 is 0 Å². The molecule has 1 heterocycles. The first-order valence-electron chi connectivity index (χ1n) is 8.20. The number of hydrogen-bond donors (Lipinski definition) is 2. The van der Waals surface area contributed by atoms with Gasteiger partial charge in [-0.05, 0) is 62.9 Å². The number of piperidine rings is 1. The molecule has 3 unspecified atom stereocenters. The van der Waals surface area contributed by atoms with E-state index in [1.807, 2.05) is 0 Å². The highest BCUT2D eigenvalue weighted by Gasteiger charge is 2.32. The van der Waals surface area contributed by atoms with Gasteiger partial charge in [0.25, 0.3) is 0 Å². The van der Waals surface area contributed by atoms with Gasteiger partial charge in [-0.2, -0.15) is 0 Å². The van der Waals surface area contributed by atoms with Crippen LogP contribution in [-0.4, -0.2) is 25.0 Å². The first-order chi connectivity index (χ1) is 9.20. The van der Waals surface area contributed by atoms with E-state index in [1.54, 1.807) is 0 Å². The summed E-state index contributed by atoms with van der Waals surface area (Å²) < 4.78 is 0. The maximum absolute atomic E-state index is 12.1. The van der Waals surface area contributed by atoms with E-state index in [4.69, 9.17) is 0 Å². The van der Waals surface area contributed by atoms with Crippen LogP contribution in [-0.2, 0) is 4.79 Å². The first kappa shape index (κ1) is 14.8. The Morgan fingerprint density at radius 3 is 2.58 bits per heavy atom. The zero-order chi connectivity index (χ0) is 13.7. The van der Waals surface area contributed by atoms with Crippen LogP contribution in [0.3, 0.4) is 0 Å². The van der Waals surface area contributed by atoms with E-state index in [-0.39, 0.29) is 5.91 Å². The summed E-state index contributed by atoms with van der Waals surface area (Å²) in [4.78, 5) is 12.1. The molecular weight excluding hydrogens is 236 g/mol. The number of carbonyl (C=O) groups excluding carboxylic acids is 1. The number of nitrogens with one attached hydrogen (secondary N) is 2. The maximum Gasteiger partial charge on any atom is 0.220 e. The zero-order valence-electron chi connectivity index (χ0n) is 12.6. The Labute approximate surface area is 117 Å². The van der Waals surface area contributed by atoms with Gasteiger partial charge < -0.3 is 10.6 Å². The Balaban J connectivity index is 1.66. The quantitative estimate of drug-likeness (QED) is 0.803. The van der Waals surface area contributed by atoms with Crippen LogP contribution in [0.25, 0.3) is 0 Å². The van der Waals surface area contributed by atoms with E-state index in [0.717, 1.165) is 37.8 Å².